The number of urea groups is 1. The number of hydrogen-bond acceptors (Lipinski definition) is 5. The second-order valence-corrected chi connectivity index (χ2v) is 8.98. The van der Waals surface area contributed by atoms with Gasteiger partial charge in [0.2, 0.25) is 5.91 Å². The van der Waals surface area contributed by atoms with Gasteiger partial charge < -0.3 is 30.3 Å². The number of anilines is 1. The number of methoxy groups -OCH3 is 1. The Morgan fingerprint density at radius 2 is 1.49 bits per heavy atom. The summed E-state index contributed by atoms with van der Waals surface area (Å²) in [5, 5.41) is 8.64. The number of benzene rings is 3. The van der Waals surface area contributed by atoms with Crippen molar-refractivity contribution in [2.45, 2.75) is 25.3 Å². The fraction of sp³-hybridized carbons (Fsp3) is 0.310. The summed E-state index contributed by atoms with van der Waals surface area (Å²) in [4.78, 5) is 28.1. The molecule has 8 heteroatoms. The predicted molar refractivity (Wildman–Crippen MR) is 144 cm³/mol. The molecule has 3 aromatic carbocycles. The zero-order valence-corrected chi connectivity index (χ0v) is 21.1. The van der Waals surface area contributed by atoms with E-state index < -0.39 is 12.1 Å². The maximum Gasteiger partial charge on any atom is 0.319 e. The minimum absolute atomic E-state index is 0.193. The minimum atomic E-state index is -0.696. The predicted octanol–water partition coefficient (Wildman–Crippen LogP) is 4.43. The van der Waals surface area contributed by atoms with Crippen molar-refractivity contribution in [3.8, 4) is 17.2 Å². The van der Waals surface area contributed by atoms with E-state index in [1.165, 1.54) is 12.8 Å². The van der Waals surface area contributed by atoms with Crippen molar-refractivity contribution in [3.63, 3.8) is 0 Å². The molecule has 0 bridgehead atoms. The molecule has 1 fully saturated rings. The number of likely N-dealkylation sites (tertiary alicyclic amines) is 1. The van der Waals surface area contributed by atoms with E-state index in [9.17, 15) is 9.59 Å². The standard InChI is InChI=1S/C29H34N4O4/c1-36-24-13-15-26(16-14-24)37-25-11-9-23(10-12-25)31-29(35)32-27(21-22-7-3-2-4-8-22)28(34)30-17-20-33-18-5-6-19-33/h2-4,7-16,27H,5-6,17-21H2,1H3,(H,30,34)(H2,31,32,35)/t27-/m0/s1. The van der Waals surface area contributed by atoms with Gasteiger partial charge in [-0.3, -0.25) is 4.79 Å². The summed E-state index contributed by atoms with van der Waals surface area (Å²) >= 11 is 0. The van der Waals surface area contributed by atoms with Crippen molar-refractivity contribution < 1.29 is 19.1 Å². The van der Waals surface area contributed by atoms with E-state index in [1.807, 2.05) is 54.6 Å². The van der Waals surface area contributed by atoms with Gasteiger partial charge in [0.15, 0.2) is 0 Å². The molecule has 1 aliphatic rings. The van der Waals surface area contributed by atoms with Crippen LogP contribution >= 0.6 is 0 Å². The van der Waals surface area contributed by atoms with E-state index in [4.69, 9.17) is 9.47 Å². The third-order valence-electron chi connectivity index (χ3n) is 6.24. The molecule has 0 aromatic heterocycles. The zero-order chi connectivity index (χ0) is 25.9. The lowest BCUT2D eigenvalue weighted by molar-refractivity contribution is -0.122. The topological polar surface area (TPSA) is 91.9 Å². The number of rotatable bonds is 11. The van der Waals surface area contributed by atoms with Crippen LogP contribution in [0.5, 0.6) is 17.2 Å². The maximum absolute atomic E-state index is 13.0. The fourth-order valence-corrected chi connectivity index (χ4v) is 4.24. The molecule has 0 saturated carbocycles. The second kappa shape index (κ2) is 13.3. The first kappa shape index (κ1) is 26.0. The van der Waals surface area contributed by atoms with Crippen LogP contribution in [-0.2, 0) is 11.2 Å². The quantitative estimate of drug-likeness (QED) is 0.361. The van der Waals surface area contributed by atoms with E-state index in [1.54, 1.807) is 31.4 Å². The van der Waals surface area contributed by atoms with Gasteiger partial charge in [-0.05, 0) is 80.0 Å². The van der Waals surface area contributed by atoms with Gasteiger partial charge in [0.1, 0.15) is 23.3 Å². The van der Waals surface area contributed by atoms with Crippen molar-refractivity contribution in [1.29, 1.82) is 0 Å². The van der Waals surface area contributed by atoms with Gasteiger partial charge in [-0.1, -0.05) is 30.3 Å². The molecule has 1 saturated heterocycles. The van der Waals surface area contributed by atoms with E-state index in [0.29, 0.717) is 30.2 Å². The molecule has 3 aromatic rings. The zero-order valence-electron chi connectivity index (χ0n) is 21.1. The molecule has 0 spiro atoms. The smallest absolute Gasteiger partial charge is 0.319 e. The minimum Gasteiger partial charge on any atom is -0.497 e. The van der Waals surface area contributed by atoms with Crippen LogP contribution in [0.2, 0.25) is 0 Å². The summed E-state index contributed by atoms with van der Waals surface area (Å²) in [5.74, 6) is 1.87. The van der Waals surface area contributed by atoms with Crippen LogP contribution in [-0.4, -0.2) is 56.2 Å². The van der Waals surface area contributed by atoms with E-state index >= 15 is 0 Å². The van der Waals surface area contributed by atoms with Crippen LogP contribution in [0.15, 0.2) is 78.9 Å². The van der Waals surface area contributed by atoms with Crippen LogP contribution in [0, 0.1) is 0 Å². The first-order valence-corrected chi connectivity index (χ1v) is 12.6. The summed E-state index contributed by atoms with van der Waals surface area (Å²) in [7, 11) is 1.61. The number of hydrogen-bond donors (Lipinski definition) is 3. The third-order valence-corrected chi connectivity index (χ3v) is 6.24. The monoisotopic (exact) mass is 502 g/mol. The van der Waals surface area contributed by atoms with Gasteiger partial charge in [-0.25, -0.2) is 4.79 Å². The Morgan fingerprint density at radius 1 is 0.865 bits per heavy atom. The van der Waals surface area contributed by atoms with Crippen molar-refractivity contribution in [2.75, 3.05) is 38.6 Å². The molecule has 194 valence electrons. The first-order valence-electron chi connectivity index (χ1n) is 12.6. The Labute approximate surface area is 218 Å². The number of nitrogens with one attached hydrogen (secondary N) is 3. The maximum atomic E-state index is 13.0. The Kier molecular flexibility index (Phi) is 9.37. The summed E-state index contributed by atoms with van der Waals surface area (Å²) < 4.78 is 11.0. The summed E-state index contributed by atoms with van der Waals surface area (Å²) in [6, 6.07) is 22.9. The van der Waals surface area contributed by atoms with Crippen LogP contribution < -0.4 is 25.4 Å². The van der Waals surface area contributed by atoms with Gasteiger partial charge in [-0.15, -0.1) is 0 Å². The highest BCUT2D eigenvalue weighted by Crippen LogP contribution is 2.25. The van der Waals surface area contributed by atoms with Crippen LogP contribution in [0.1, 0.15) is 18.4 Å². The lowest BCUT2D eigenvalue weighted by atomic mass is 10.1. The van der Waals surface area contributed by atoms with Crippen molar-refractivity contribution in [3.05, 3.63) is 84.4 Å². The largest absolute Gasteiger partial charge is 0.497 e. The Morgan fingerprint density at radius 3 is 2.14 bits per heavy atom. The summed E-state index contributed by atoms with van der Waals surface area (Å²) in [6.07, 6.45) is 2.82. The number of ether oxygens (including phenoxy) is 2. The van der Waals surface area contributed by atoms with Gasteiger partial charge >= 0.3 is 6.03 Å². The van der Waals surface area contributed by atoms with Crippen molar-refractivity contribution >= 4 is 17.6 Å². The Bertz CT molecular complexity index is 1130. The molecule has 0 radical (unpaired) electrons. The molecule has 0 aliphatic carbocycles. The van der Waals surface area contributed by atoms with E-state index in [-0.39, 0.29) is 5.91 Å². The molecule has 3 amide bonds. The van der Waals surface area contributed by atoms with Crippen molar-refractivity contribution in [1.82, 2.24) is 15.5 Å². The highest BCUT2D eigenvalue weighted by atomic mass is 16.5. The van der Waals surface area contributed by atoms with Gasteiger partial charge in [0.25, 0.3) is 0 Å². The Hall–Kier alpha value is -4.04. The third kappa shape index (κ3) is 8.25. The molecular weight excluding hydrogens is 468 g/mol. The number of carbonyl (C=O) groups excluding carboxylic acids is 2. The van der Waals surface area contributed by atoms with Crippen molar-refractivity contribution in [2.24, 2.45) is 0 Å². The van der Waals surface area contributed by atoms with Crippen LogP contribution in [0.25, 0.3) is 0 Å². The number of nitrogens with zero attached hydrogens (tertiary/aromatic N) is 1. The molecule has 0 unspecified atom stereocenters. The fourth-order valence-electron chi connectivity index (χ4n) is 4.24. The highest BCUT2D eigenvalue weighted by molar-refractivity contribution is 5.93. The molecule has 8 nitrogen and oxygen atoms in total. The van der Waals surface area contributed by atoms with Gasteiger partial charge in [0, 0.05) is 25.2 Å². The molecule has 1 aliphatic heterocycles. The molecule has 4 rings (SSSR count). The molecule has 37 heavy (non-hydrogen) atoms. The normalized spacial score (nSPS) is 14.0. The van der Waals surface area contributed by atoms with Gasteiger partial charge in [-0.2, -0.15) is 0 Å². The van der Waals surface area contributed by atoms with Crippen LogP contribution in [0.3, 0.4) is 0 Å². The highest BCUT2D eigenvalue weighted by Gasteiger charge is 2.22. The van der Waals surface area contributed by atoms with Gasteiger partial charge in [0.05, 0.1) is 7.11 Å². The first-order chi connectivity index (χ1) is 18.1. The summed E-state index contributed by atoms with van der Waals surface area (Å²) in [6.45, 7) is 3.53. The average Bonchev–Trinajstić information content (AvgIpc) is 3.44. The van der Waals surface area contributed by atoms with E-state index in [0.717, 1.165) is 30.9 Å². The average molecular weight is 503 g/mol. The molecule has 3 N–H and O–H groups in total. The number of carbonyl (C=O) groups is 2. The lowest BCUT2D eigenvalue weighted by Crippen LogP contribution is -2.50. The number of amides is 3. The second-order valence-electron chi connectivity index (χ2n) is 8.98. The SMILES string of the molecule is COc1ccc(Oc2ccc(NC(=O)N[C@@H](Cc3ccccc3)C(=O)NCCN3CCCC3)cc2)cc1. The molecule has 1 heterocycles. The molecular formula is C29H34N4O4. The lowest BCUT2D eigenvalue weighted by Gasteiger charge is -2.20. The Balaban J connectivity index is 1.31. The van der Waals surface area contributed by atoms with E-state index in [2.05, 4.69) is 20.9 Å². The van der Waals surface area contributed by atoms with Crippen LogP contribution in [0.4, 0.5) is 10.5 Å². The molecule has 1 atom stereocenters. The summed E-state index contributed by atoms with van der Waals surface area (Å²) in [5.41, 5.74) is 1.56.